The van der Waals surface area contributed by atoms with Gasteiger partial charge in [-0.3, -0.25) is 0 Å². The van der Waals surface area contributed by atoms with Gasteiger partial charge in [0.25, 0.3) is 0 Å². The normalized spacial score (nSPS) is 16.8. The van der Waals surface area contributed by atoms with Crippen molar-refractivity contribution in [3.8, 4) is 0 Å². The molecule has 112 valence electrons. The number of hydrogen-bond acceptors (Lipinski definition) is 6. The van der Waals surface area contributed by atoms with Gasteiger partial charge in [0.1, 0.15) is 17.2 Å². The molecule has 0 atom stereocenters. The van der Waals surface area contributed by atoms with E-state index in [0.29, 0.717) is 26.1 Å². The van der Waals surface area contributed by atoms with E-state index >= 15 is 0 Å². The quantitative estimate of drug-likeness (QED) is 0.908. The maximum absolute atomic E-state index is 12.9. The van der Waals surface area contributed by atoms with Crippen molar-refractivity contribution < 1.29 is 14.2 Å². The molecule has 0 saturated carbocycles. The van der Waals surface area contributed by atoms with E-state index in [0.717, 1.165) is 16.5 Å². The molecule has 0 amide bonds. The number of benzene rings is 1. The Hall–Kier alpha value is -1.57. The van der Waals surface area contributed by atoms with E-state index in [-0.39, 0.29) is 5.82 Å². The lowest BCUT2D eigenvalue weighted by atomic mass is 9.86. The van der Waals surface area contributed by atoms with Crippen LogP contribution in [0.2, 0.25) is 0 Å². The molecule has 2 aromatic rings. The summed E-state index contributed by atoms with van der Waals surface area (Å²) in [5.41, 5.74) is -0.212. The summed E-state index contributed by atoms with van der Waals surface area (Å²) in [5, 5.41) is 11.3. The average Bonchev–Trinajstić information content (AvgIpc) is 2.91. The second kappa shape index (κ2) is 5.67. The fraction of sp³-hybridized carbons (Fsp3) is 0.429. The SMILES string of the molecule is COCCc1nsc(N2CC(O)(c3ccc(F)cc3)C2)n1. The zero-order valence-corrected chi connectivity index (χ0v) is 12.4. The number of β-amino-alcohol motifs (C(OH)–C–C–N with tert-alkyl or cyclic N) is 1. The van der Waals surface area contributed by atoms with E-state index in [1.54, 1.807) is 19.2 Å². The van der Waals surface area contributed by atoms with Gasteiger partial charge in [-0.2, -0.15) is 4.37 Å². The van der Waals surface area contributed by atoms with Crippen LogP contribution in [-0.4, -0.2) is 41.3 Å². The lowest BCUT2D eigenvalue weighted by Gasteiger charge is -2.46. The lowest BCUT2D eigenvalue weighted by molar-refractivity contribution is 0.00745. The van der Waals surface area contributed by atoms with Crippen molar-refractivity contribution in [2.45, 2.75) is 12.0 Å². The molecule has 1 saturated heterocycles. The van der Waals surface area contributed by atoms with Crippen LogP contribution in [0, 0.1) is 5.82 Å². The number of anilines is 1. The van der Waals surface area contributed by atoms with Crippen LogP contribution in [0.4, 0.5) is 9.52 Å². The summed E-state index contributed by atoms with van der Waals surface area (Å²) in [4.78, 5) is 6.39. The Morgan fingerprint density at radius 1 is 1.38 bits per heavy atom. The predicted octanol–water partition coefficient (Wildman–Crippen LogP) is 1.57. The van der Waals surface area contributed by atoms with Gasteiger partial charge in [-0.15, -0.1) is 0 Å². The number of aromatic nitrogens is 2. The molecule has 7 heteroatoms. The summed E-state index contributed by atoms with van der Waals surface area (Å²) >= 11 is 1.32. The predicted molar refractivity (Wildman–Crippen MR) is 78.0 cm³/mol. The smallest absolute Gasteiger partial charge is 0.205 e. The molecule has 2 heterocycles. The summed E-state index contributed by atoms with van der Waals surface area (Å²) in [7, 11) is 1.64. The highest BCUT2D eigenvalue weighted by Gasteiger charge is 2.44. The molecule has 1 N–H and O–H groups in total. The molecular weight excluding hydrogens is 293 g/mol. The van der Waals surface area contributed by atoms with Crippen LogP contribution < -0.4 is 4.90 Å². The highest BCUT2D eigenvalue weighted by molar-refractivity contribution is 7.09. The first kappa shape index (κ1) is 14.4. The van der Waals surface area contributed by atoms with E-state index < -0.39 is 5.60 Å². The Morgan fingerprint density at radius 3 is 2.76 bits per heavy atom. The van der Waals surface area contributed by atoms with Gasteiger partial charge in [-0.1, -0.05) is 12.1 Å². The number of nitrogens with zero attached hydrogens (tertiary/aromatic N) is 3. The molecule has 0 spiro atoms. The Bertz CT molecular complexity index is 611. The second-order valence-corrected chi connectivity index (χ2v) is 5.86. The first-order chi connectivity index (χ1) is 10.1. The summed E-state index contributed by atoms with van der Waals surface area (Å²) in [6.07, 6.45) is 0.684. The van der Waals surface area contributed by atoms with Gasteiger partial charge in [-0.05, 0) is 17.7 Å². The minimum atomic E-state index is -0.938. The molecule has 3 rings (SSSR count). The molecule has 5 nitrogen and oxygen atoms in total. The third-order valence-corrected chi connectivity index (χ3v) is 4.36. The van der Waals surface area contributed by atoms with E-state index in [1.807, 2.05) is 4.90 Å². The number of rotatable bonds is 5. The molecule has 0 bridgehead atoms. The Balaban J connectivity index is 1.64. The highest BCUT2D eigenvalue weighted by Crippen LogP contribution is 2.36. The Kier molecular flexibility index (Phi) is 3.88. The van der Waals surface area contributed by atoms with Crippen LogP contribution in [0.5, 0.6) is 0 Å². The van der Waals surface area contributed by atoms with Crippen LogP contribution in [0.3, 0.4) is 0 Å². The summed E-state index contributed by atoms with van der Waals surface area (Å²) in [6, 6.07) is 5.97. The molecule has 1 aromatic heterocycles. The van der Waals surface area contributed by atoms with Gasteiger partial charge in [0.05, 0.1) is 19.7 Å². The van der Waals surface area contributed by atoms with Crippen molar-refractivity contribution in [3.05, 3.63) is 41.5 Å². The van der Waals surface area contributed by atoms with Crippen LogP contribution in [-0.2, 0) is 16.8 Å². The molecule has 0 unspecified atom stereocenters. The second-order valence-electron chi connectivity index (χ2n) is 5.13. The minimum absolute atomic E-state index is 0.301. The van der Waals surface area contributed by atoms with Crippen molar-refractivity contribution in [2.24, 2.45) is 0 Å². The van der Waals surface area contributed by atoms with E-state index in [1.165, 1.54) is 23.7 Å². The van der Waals surface area contributed by atoms with Crippen LogP contribution in [0.1, 0.15) is 11.4 Å². The van der Waals surface area contributed by atoms with Crippen molar-refractivity contribution >= 4 is 16.7 Å². The van der Waals surface area contributed by atoms with Gasteiger partial charge in [0.2, 0.25) is 5.13 Å². The number of aliphatic hydroxyl groups is 1. The minimum Gasteiger partial charge on any atom is -0.384 e. The summed E-state index contributed by atoms with van der Waals surface area (Å²) in [6.45, 7) is 1.48. The van der Waals surface area contributed by atoms with E-state index in [9.17, 15) is 9.50 Å². The van der Waals surface area contributed by atoms with Crippen molar-refractivity contribution in [3.63, 3.8) is 0 Å². The maximum atomic E-state index is 12.9. The topological polar surface area (TPSA) is 58.5 Å². The molecular formula is C14H16FN3O2S. The maximum Gasteiger partial charge on any atom is 0.205 e. The fourth-order valence-electron chi connectivity index (χ4n) is 2.33. The van der Waals surface area contributed by atoms with Crippen LogP contribution in [0.15, 0.2) is 24.3 Å². The molecule has 1 aliphatic heterocycles. The summed E-state index contributed by atoms with van der Waals surface area (Å²) < 4.78 is 22.2. The van der Waals surface area contributed by atoms with Gasteiger partial charge in [0, 0.05) is 25.1 Å². The average molecular weight is 309 g/mol. The third kappa shape index (κ3) is 2.90. The molecule has 21 heavy (non-hydrogen) atoms. The molecule has 1 aromatic carbocycles. The number of ether oxygens (including phenoxy) is 1. The van der Waals surface area contributed by atoms with Crippen molar-refractivity contribution in [1.82, 2.24) is 9.36 Å². The highest BCUT2D eigenvalue weighted by atomic mass is 32.1. The zero-order valence-electron chi connectivity index (χ0n) is 11.6. The summed E-state index contributed by atoms with van der Waals surface area (Å²) in [5.74, 6) is 0.458. The molecule has 1 fully saturated rings. The third-order valence-electron chi connectivity index (χ3n) is 3.54. The number of methoxy groups -OCH3 is 1. The van der Waals surface area contributed by atoms with Gasteiger partial charge in [0.15, 0.2) is 0 Å². The van der Waals surface area contributed by atoms with Crippen molar-refractivity contribution in [1.29, 1.82) is 0 Å². The number of halogens is 1. The van der Waals surface area contributed by atoms with Gasteiger partial charge in [-0.25, -0.2) is 9.37 Å². The molecule has 1 aliphatic rings. The largest absolute Gasteiger partial charge is 0.384 e. The standard InChI is InChI=1S/C14H16FN3O2S/c1-20-7-6-12-16-13(21-17-12)18-8-14(19,9-18)10-2-4-11(15)5-3-10/h2-5,19H,6-9H2,1H3. The fourth-order valence-corrected chi connectivity index (χ4v) is 3.04. The number of hydrogen-bond donors (Lipinski definition) is 1. The van der Waals surface area contributed by atoms with Gasteiger partial charge < -0.3 is 14.7 Å². The Labute approximate surface area is 126 Å². The van der Waals surface area contributed by atoms with Crippen molar-refractivity contribution in [2.75, 3.05) is 31.7 Å². The molecule has 0 aliphatic carbocycles. The Morgan fingerprint density at radius 2 is 2.10 bits per heavy atom. The molecule has 0 radical (unpaired) electrons. The van der Waals surface area contributed by atoms with Crippen LogP contribution in [0.25, 0.3) is 0 Å². The van der Waals surface area contributed by atoms with Crippen LogP contribution >= 0.6 is 11.5 Å². The monoisotopic (exact) mass is 309 g/mol. The first-order valence-corrected chi connectivity index (χ1v) is 7.43. The first-order valence-electron chi connectivity index (χ1n) is 6.66. The lowest BCUT2D eigenvalue weighted by Crippen LogP contribution is -2.59. The van der Waals surface area contributed by atoms with Gasteiger partial charge >= 0.3 is 0 Å². The van der Waals surface area contributed by atoms with E-state index in [4.69, 9.17) is 4.74 Å². The van der Waals surface area contributed by atoms with E-state index in [2.05, 4.69) is 9.36 Å². The zero-order chi connectivity index (χ0) is 14.9.